The molecule has 1 saturated heterocycles. The van der Waals surface area contributed by atoms with Crippen LogP contribution in [0.4, 0.5) is 0 Å². The van der Waals surface area contributed by atoms with E-state index in [1.807, 2.05) is 0 Å². The summed E-state index contributed by atoms with van der Waals surface area (Å²) >= 11 is 0. The Balaban J connectivity index is 0.00000196. The molecule has 0 aromatic carbocycles. The Labute approximate surface area is 119 Å². The fourth-order valence-electron chi connectivity index (χ4n) is 2.17. The standard InChI is InChI=1S/C12H21NO.Y/c1-9-8-11(12(3,4)5)6-7-13(9)10(2)14;/h9,11H,1-2,6-8H2,3-5H3;/q-2;/t9-,11-;/m0./s1. The molecule has 3 heteroatoms. The van der Waals surface area contributed by atoms with Gasteiger partial charge in [-0.05, 0) is 17.8 Å². The minimum Gasteiger partial charge on any atom is -0.395 e. The van der Waals surface area contributed by atoms with Crippen LogP contribution in [0.3, 0.4) is 0 Å². The second-order valence-electron chi connectivity index (χ2n) is 5.33. The molecule has 15 heavy (non-hydrogen) atoms. The Morgan fingerprint density at radius 2 is 1.93 bits per heavy atom. The summed E-state index contributed by atoms with van der Waals surface area (Å²) in [4.78, 5) is 12.9. The fraction of sp³-hybridized carbons (Fsp3) is 0.750. The summed E-state index contributed by atoms with van der Waals surface area (Å²) in [7, 11) is 0. The monoisotopic (exact) mass is 284 g/mol. The van der Waals surface area contributed by atoms with Gasteiger partial charge in [0.25, 0.3) is 0 Å². The molecule has 1 aliphatic rings. The smallest absolute Gasteiger partial charge is 0.0801 e. The maximum absolute atomic E-state index is 11.1. The van der Waals surface area contributed by atoms with Crippen LogP contribution in [0.2, 0.25) is 0 Å². The first-order valence-corrected chi connectivity index (χ1v) is 5.28. The van der Waals surface area contributed by atoms with Crippen LogP contribution >= 0.6 is 0 Å². The van der Waals surface area contributed by atoms with Gasteiger partial charge in [0.15, 0.2) is 0 Å². The number of rotatable bonds is 0. The quantitative estimate of drug-likeness (QED) is 0.625. The summed E-state index contributed by atoms with van der Waals surface area (Å²) in [6, 6.07) is 0.109. The van der Waals surface area contributed by atoms with Gasteiger partial charge < -0.3 is 23.5 Å². The predicted octanol–water partition coefficient (Wildman–Crippen LogP) is 2.31. The minimum absolute atomic E-state index is 0. The average molecular weight is 284 g/mol. The molecule has 2 nitrogen and oxygen atoms in total. The molecular weight excluding hydrogens is 263 g/mol. The molecule has 85 valence electrons. The van der Waals surface area contributed by atoms with Crippen LogP contribution in [-0.2, 0) is 37.5 Å². The molecule has 0 aromatic rings. The van der Waals surface area contributed by atoms with Crippen molar-refractivity contribution in [2.75, 3.05) is 6.54 Å². The Kier molecular flexibility index (Phi) is 5.85. The van der Waals surface area contributed by atoms with E-state index in [0.717, 1.165) is 19.4 Å². The van der Waals surface area contributed by atoms with Gasteiger partial charge in [0.1, 0.15) is 0 Å². The number of carbonyl (C=O) groups is 1. The molecule has 1 heterocycles. The summed E-state index contributed by atoms with van der Waals surface area (Å²) < 4.78 is 0. The number of amides is 1. The second-order valence-corrected chi connectivity index (χ2v) is 5.33. The molecule has 0 spiro atoms. The first-order valence-electron chi connectivity index (χ1n) is 5.28. The molecule has 0 aliphatic carbocycles. The van der Waals surface area contributed by atoms with Crippen LogP contribution in [0.1, 0.15) is 33.6 Å². The molecule has 1 fully saturated rings. The van der Waals surface area contributed by atoms with Crippen molar-refractivity contribution in [1.82, 2.24) is 4.90 Å². The molecule has 1 aliphatic heterocycles. The van der Waals surface area contributed by atoms with E-state index in [9.17, 15) is 4.79 Å². The molecule has 1 rings (SSSR count). The van der Waals surface area contributed by atoms with E-state index in [1.165, 1.54) is 0 Å². The zero-order valence-corrected chi connectivity index (χ0v) is 13.0. The normalized spacial score (nSPS) is 27.1. The van der Waals surface area contributed by atoms with Gasteiger partial charge in [0.2, 0.25) is 0 Å². The van der Waals surface area contributed by atoms with Crippen LogP contribution in [0.5, 0.6) is 0 Å². The van der Waals surface area contributed by atoms with E-state index < -0.39 is 0 Å². The topological polar surface area (TPSA) is 20.3 Å². The number of hydrogen-bond donors (Lipinski definition) is 0. The van der Waals surface area contributed by atoms with Gasteiger partial charge in [-0.15, -0.1) is 0 Å². The summed E-state index contributed by atoms with van der Waals surface area (Å²) in [5.74, 6) is 0.581. The molecule has 0 N–H and O–H groups in total. The molecule has 0 bridgehead atoms. The van der Waals surface area contributed by atoms with Gasteiger partial charge in [0, 0.05) is 39.3 Å². The molecule has 1 radical (unpaired) electrons. The minimum atomic E-state index is -0.0858. The summed E-state index contributed by atoms with van der Waals surface area (Å²) in [5, 5.41) is 0. The van der Waals surface area contributed by atoms with Crippen molar-refractivity contribution >= 4 is 5.91 Å². The molecule has 2 atom stereocenters. The third-order valence-corrected chi connectivity index (χ3v) is 3.26. The van der Waals surface area contributed by atoms with Gasteiger partial charge >= 0.3 is 0 Å². The summed E-state index contributed by atoms with van der Waals surface area (Å²) in [6.45, 7) is 15.1. The van der Waals surface area contributed by atoms with Crippen LogP contribution in [0, 0.1) is 25.2 Å². The Hall–Kier alpha value is 0.444. The molecule has 0 aromatic heterocycles. The first kappa shape index (κ1) is 15.4. The van der Waals surface area contributed by atoms with Gasteiger partial charge in [0.05, 0.1) is 5.91 Å². The number of hydrogen-bond acceptors (Lipinski definition) is 1. The number of nitrogens with zero attached hydrogens (tertiary/aromatic N) is 1. The molecule has 0 saturated carbocycles. The van der Waals surface area contributed by atoms with Crippen molar-refractivity contribution in [2.24, 2.45) is 11.3 Å². The largest absolute Gasteiger partial charge is 0.395 e. The zero-order chi connectivity index (χ0) is 10.9. The SMILES string of the molecule is [CH2-]C(=O)N1CC[C@H](C(C)(C)C)C[C@@H]1[CH2-].[Y]. The van der Waals surface area contributed by atoms with E-state index in [1.54, 1.807) is 4.90 Å². The van der Waals surface area contributed by atoms with Crippen LogP contribution in [0.15, 0.2) is 0 Å². The van der Waals surface area contributed by atoms with Gasteiger partial charge in [-0.2, -0.15) is 0 Å². The van der Waals surface area contributed by atoms with E-state index in [0.29, 0.717) is 11.3 Å². The Bertz CT molecular complexity index is 222. The summed E-state index contributed by atoms with van der Waals surface area (Å²) in [6.07, 6.45) is 2.08. The van der Waals surface area contributed by atoms with E-state index in [-0.39, 0.29) is 44.7 Å². The van der Waals surface area contributed by atoms with Crippen molar-refractivity contribution in [1.29, 1.82) is 0 Å². The van der Waals surface area contributed by atoms with Crippen molar-refractivity contribution < 1.29 is 37.5 Å². The molecule has 1 amide bonds. The number of carbonyl (C=O) groups excluding carboxylic acids is 1. The summed E-state index contributed by atoms with van der Waals surface area (Å²) in [5.41, 5.74) is 0.326. The van der Waals surface area contributed by atoms with Gasteiger partial charge in [-0.1, -0.05) is 33.2 Å². The van der Waals surface area contributed by atoms with Crippen molar-refractivity contribution in [3.05, 3.63) is 13.8 Å². The molecular formula is C12H21NOY-2. The van der Waals surface area contributed by atoms with E-state index in [4.69, 9.17) is 0 Å². The zero-order valence-electron chi connectivity index (χ0n) is 10.1. The van der Waals surface area contributed by atoms with E-state index >= 15 is 0 Å². The van der Waals surface area contributed by atoms with Gasteiger partial charge in [-0.3, -0.25) is 0 Å². The van der Waals surface area contributed by atoms with Gasteiger partial charge in [-0.25, -0.2) is 0 Å². The predicted molar refractivity (Wildman–Crippen MR) is 58.4 cm³/mol. The average Bonchev–Trinajstić information content (AvgIpc) is 2.01. The van der Waals surface area contributed by atoms with E-state index in [2.05, 4.69) is 34.6 Å². The van der Waals surface area contributed by atoms with Crippen molar-refractivity contribution in [3.63, 3.8) is 0 Å². The first-order chi connectivity index (χ1) is 6.32. The second kappa shape index (κ2) is 5.68. The third-order valence-electron chi connectivity index (χ3n) is 3.26. The number of likely N-dealkylation sites (tertiary alicyclic amines) is 1. The maximum atomic E-state index is 11.1. The maximum Gasteiger partial charge on any atom is 0.0801 e. The van der Waals surface area contributed by atoms with Crippen LogP contribution in [0.25, 0.3) is 0 Å². The van der Waals surface area contributed by atoms with Crippen molar-refractivity contribution in [2.45, 2.75) is 39.7 Å². The number of piperidine rings is 1. The fourth-order valence-corrected chi connectivity index (χ4v) is 2.17. The Morgan fingerprint density at radius 3 is 2.27 bits per heavy atom. The molecule has 0 unspecified atom stereocenters. The third kappa shape index (κ3) is 4.07. The Morgan fingerprint density at radius 1 is 1.40 bits per heavy atom. The van der Waals surface area contributed by atoms with Crippen molar-refractivity contribution in [3.8, 4) is 0 Å². The van der Waals surface area contributed by atoms with Crippen LogP contribution < -0.4 is 0 Å². The van der Waals surface area contributed by atoms with Crippen LogP contribution in [-0.4, -0.2) is 23.4 Å².